The highest BCUT2D eigenvalue weighted by atomic mass is 35.5. The highest BCUT2D eigenvalue weighted by Gasteiger charge is 2.10. The quantitative estimate of drug-likeness (QED) is 0.834. The Morgan fingerprint density at radius 2 is 1.75 bits per heavy atom. The number of hydrogen-bond donors (Lipinski definition) is 2. The first-order valence-corrected chi connectivity index (χ1v) is 5.70. The molecule has 0 aliphatic rings. The molecule has 0 unspecified atom stereocenters. The molecule has 0 spiro atoms. The summed E-state index contributed by atoms with van der Waals surface area (Å²) in [6, 6.07) is 6.96. The third kappa shape index (κ3) is 4.11. The molecule has 2 amide bonds. The third-order valence-electron chi connectivity index (χ3n) is 2.46. The van der Waals surface area contributed by atoms with Crippen LogP contribution in [0.15, 0.2) is 24.3 Å². The van der Waals surface area contributed by atoms with E-state index in [2.05, 4.69) is 24.5 Å². The number of anilines is 1. The summed E-state index contributed by atoms with van der Waals surface area (Å²) < 4.78 is 0. The highest BCUT2D eigenvalue weighted by molar-refractivity contribution is 6.30. The molecular formula is C12H17ClN2O. The summed E-state index contributed by atoms with van der Waals surface area (Å²) in [5.74, 6) is 0.413. The summed E-state index contributed by atoms with van der Waals surface area (Å²) in [7, 11) is 0. The fourth-order valence-electron chi connectivity index (χ4n) is 1.07. The van der Waals surface area contributed by atoms with Crippen LogP contribution in [0.5, 0.6) is 0 Å². The Bertz CT molecular complexity index is 349. The summed E-state index contributed by atoms with van der Waals surface area (Å²) in [5, 5.41) is 6.26. The van der Waals surface area contributed by atoms with Crippen molar-refractivity contribution in [2.75, 3.05) is 5.32 Å². The van der Waals surface area contributed by atoms with Gasteiger partial charge in [0.1, 0.15) is 0 Å². The van der Waals surface area contributed by atoms with E-state index >= 15 is 0 Å². The molecule has 0 aliphatic heterocycles. The van der Waals surface area contributed by atoms with Gasteiger partial charge in [0.25, 0.3) is 0 Å². The van der Waals surface area contributed by atoms with Crippen molar-refractivity contribution in [3.63, 3.8) is 0 Å². The first-order valence-electron chi connectivity index (χ1n) is 5.32. The largest absolute Gasteiger partial charge is 0.335 e. The summed E-state index contributed by atoms with van der Waals surface area (Å²) in [4.78, 5) is 11.6. The van der Waals surface area contributed by atoms with Crippen LogP contribution in [0.25, 0.3) is 0 Å². The summed E-state index contributed by atoms with van der Waals surface area (Å²) >= 11 is 5.75. The lowest BCUT2D eigenvalue weighted by Crippen LogP contribution is -2.38. The van der Waals surface area contributed by atoms with Crippen molar-refractivity contribution in [2.24, 2.45) is 5.92 Å². The van der Waals surface area contributed by atoms with Crippen molar-refractivity contribution in [1.29, 1.82) is 0 Å². The van der Waals surface area contributed by atoms with Gasteiger partial charge >= 0.3 is 6.03 Å². The van der Waals surface area contributed by atoms with Gasteiger partial charge in [0, 0.05) is 16.8 Å². The van der Waals surface area contributed by atoms with Crippen LogP contribution in [0.4, 0.5) is 10.5 Å². The number of benzene rings is 1. The molecule has 1 atom stereocenters. The first-order chi connectivity index (χ1) is 7.49. The van der Waals surface area contributed by atoms with Crippen LogP contribution < -0.4 is 10.6 Å². The Morgan fingerprint density at radius 1 is 1.19 bits per heavy atom. The smallest absolute Gasteiger partial charge is 0.319 e. The Labute approximate surface area is 101 Å². The van der Waals surface area contributed by atoms with Crippen LogP contribution in [-0.2, 0) is 0 Å². The number of hydrogen-bond acceptors (Lipinski definition) is 1. The van der Waals surface area contributed by atoms with Gasteiger partial charge in [-0.1, -0.05) is 25.4 Å². The van der Waals surface area contributed by atoms with Gasteiger partial charge in [0.05, 0.1) is 0 Å². The van der Waals surface area contributed by atoms with E-state index in [1.807, 2.05) is 6.92 Å². The molecule has 88 valence electrons. The van der Waals surface area contributed by atoms with E-state index in [0.29, 0.717) is 10.9 Å². The molecule has 0 aromatic heterocycles. The van der Waals surface area contributed by atoms with E-state index in [9.17, 15) is 4.79 Å². The van der Waals surface area contributed by atoms with E-state index in [1.165, 1.54) is 0 Å². The molecule has 1 aromatic carbocycles. The standard InChI is InChI=1S/C12H17ClN2O/c1-8(2)9(3)14-12(16)15-11-6-4-10(13)5-7-11/h4-9H,1-3H3,(H2,14,15,16)/t9-/m1/s1. The molecule has 0 saturated carbocycles. The topological polar surface area (TPSA) is 41.1 Å². The molecule has 0 saturated heterocycles. The van der Waals surface area contributed by atoms with E-state index < -0.39 is 0 Å². The van der Waals surface area contributed by atoms with Crippen LogP contribution in [0, 0.1) is 5.92 Å². The van der Waals surface area contributed by atoms with Crippen LogP contribution in [0.3, 0.4) is 0 Å². The molecular weight excluding hydrogens is 224 g/mol. The van der Waals surface area contributed by atoms with Gasteiger partial charge in [-0.15, -0.1) is 0 Å². The van der Waals surface area contributed by atoms with Gasteiger partial charge in [-0.25, -0.2) is 4.79 Å². The lowest BCUT2D eigenvalue weighted by atomic mass is 10.1. The number of carbonyl (C=O) groups is 1. The summed E-state index contributed by atoms with van der Waals surface area (Å²) in [6.45, 7) is 6.10. The van der Waals surface area contributed by atoms with Crippen LogP contribution in [0.1, 0.15) is 20.8 Å². The summed E-state index contributed by atoms with van der Waals surface area (Å²) in [6.07, 6.45) is 0. The highest BCUT2D eigenvalue weighted by Crippen LogP contribution is 2.13. The molecule has 4 heteroatoms. The number of urea groups is 1. The molecule has 3 nitrogen and oxygen atoms in total. The SMILES string of the molecule is CC(C)[C@@H](C)NC(=O)Nc1ccc(Cl)cc1. The molecule has 0 aliphatic carbocycles. The summed E-state index contributed by atoms with van der Waals surface area (Å²) in [5.41, 5.74) is 0.734. The average molecular weight is 241 g/mol. The maximum atomic E-state index is 11.6. The molecule has 2 N–H and O–H groups in total. The Kier molecular flexibility index (Phi) is 4.62. The van der Waals surface area contributed by atoms with E-state index in [1.54, 1.807) is 24.3 Å². The van der Waals surface area contributed by atoms with Crippen molar-refractivity contribution in [1.82, 2.24) is 5.32 Å². The van der Waals surface area contributed by atoms with E-state index in [4.69, 9.17) is 11.6 Å². The van der Waals surface area contributed by atoms with Gasteiger partial charge in [-0.2, -0.15) is 0 Å². The van der Waals surface area contributed by atoms with Crippen molar-refractivity contribution < 1.29 is 4.79 Å². The molecule has 0 bridgehead atoms. The van der Waals surface area contributed by atoms with Gasteiger partial charge in [0.15, 0.2) is 0 Å². The second-order valence-electron chi connectivity index (χ2n) is 4.14. The number of nitrogens with one attached hydrogen (secondary N) is 2. The molecule has 0 heterocycles. The predicted octanol–water partition coefficient (Wildman–Crippen LogP) is 3.51. The van der Waals surface area contributed by atoms with Crippen LogP contribution in [0.2, 0.25) is 5.02 Å². The number of amides is 2. The monoisotopic (exact) mass is 240 g/mol. The maximum Gasteiger partial charge on any atom is 0.319 e. The van der Waals surface area contributed by atoms with E-state index in [-0.39, 0.29) is 12.1 Å². The third-order valence-corrected chi connectivity index (χ3v) is 2.71. The number of rotatable bonds is 3. The van der Waals surface area contributed by atoms with Crippen molar-refractivity contribution in [2.45, 2.75) is 26.8 Å². The Hall–Kier alpha value is -1.22. The molecule has 0 radical (unpaired) electrons. The van der Waals surface area contributed by atoms with Gasteiger partial charge in [-0.05, 0) is 37.1 Å². The predicted molar refractivity (Wildman–Crippen MR) is 67.9 cm³/mol. The zero-order valence-corrected chi connectivity index (χ0v) is 10.5. The van der Waals surface area contributed by atoms with Crippen molar-refractivity contribution >= 4 is 23.3 Å². The second-order valence-corrected chi connectivity index (χ2v) is 4.57. The minimum Gasteiger partial charge on any atom is -0.335 e. The lowest BCUT2D eigenvalue weighted by Gasteiger charge is -2.17. The molecule has 1 rings (SSSR count). The normalized spacial score (nSPS) is 12.3. The van der Waals surface area contributed by atoms with E-state index in [0.717, 1.165) is 5.69 Å². The van der Waals surface area contributed by atoms with Crippen molar-refractivity contribution in [3.05, 3.63) is 29.3 Å². The maximum absolute atomic E-state index is 11.6. The minimum atomic E-state index is -0.191. The lowest BCUT2D eigenvalue weighted by molar-refractivity contribution is 0.246. The Balaban J connectivity index is 2.48. The zero-order chi connectivity index (χ0) is 12.1. The van der Waals surface area contributed by atoms with Gasteiger partial charge in [0.2, 0.25) is 0 Å². The fourth-order valence-corrected chi connectivity index (χ4v) is 1.20. The fraction of sp³-hybridized carbons (Fsp3) is 0.417. The zero-order valence-electron chi connectivity index (χ0n) is 9.75. The Morgan fingerprint density at radius 3 is 2.25 bits per heavy atom. The minimum absolute atomic E-state index is 0.146. The average Bonchev–Trinajstić information content (AvgIpc) is 2.21. The number of carbonyl (C=O) groups excluding carboxylic acids is 1. The van der Waals surface area contributed by atoms with Gasteiger partial charge < -0.3 is 10.6 Å². The molecule has 1 aromatic rings. The van der Waals surface area contributed by atoms with Crippen LogP contribution in [-0.4, -0.2) is 12.1 Å². The van der Waals surface area contributed by atoms with Crippen molar-refractivity contribution in [3.8, 4) is 0 Å². The second kappa shape index (κ2) is 5.75. The van der Waals surface area contributed by atoms with Crippen LogP contribution >= 0.6 is 11.6 Å². The molecule has 0 fully saturated rings. The first kappa shape index (κ1) is 12.8. The van der Waals surface area contributed by atoms with Gasteiger partial charge in [-0.3, -0.25) is 0 Å². The molecule has 16 heavy (non-hydrogen) atoms. The number of halogens is 1.